The predicted molar refractivity (Wildman–Crippen MR) is 88.0 cm³/mol. The van der Waals surface area contributed by atoms with Crippen LogP contribution in [0.15, 0.2) is 41.0 Å². The molecule has 3 rings (SSSR count). The maximum atomic E-state index is 11.1. The van der Waals surface area contributed by atoms with Crippen molar-refractivity contribution in [3.05, 3.63) is 62.2 Å². The van der Waals surface area contributed by atoms with Gasteiger partial charge in [-0.3, -0.25) is 10.1 Å². The van der Waals surface area contributed by atoms with Crippen molar-refractivity contribution in [3.8, 4) is 0 Å². The molecule has 1 unspecified atom stereocenters. The highest BCUT2D eigenvalue weighted by Crippen LogP contribution is 2.27. The van der Waals surface area contributed by atoms with Crippen LogP contribution in [0.25, 0.3) is 0 Å². The molecule has 0 aliphatic carbocycles. The molecule has 0 saturated heterocycles. The third-order valence-corrected chi connectivity index (χ3v) is 4.15. The standard InChI is InChI=1S/C15H15BrN4O2/c16-11-7-14(20(21)22)15(18-8-11)19-9-13-12-4-2-1-3-10(12)5-6-17-13/h1-4,7-8,13,17H,5-6,9H2,(H,18,19). The van der Waals surface area contributed by atoms with Crippen LogP contribution in [0.5, 0.6) is 0 Å². The quantitative estimate of drug-likeness (QED) is 0.645. The fourth-order valence-electron chi connectivity index (χ4n) is 2.68. The molecule has 2 heterocycles. The van der Waals surface area contributed by atoms with Gasteiger partial charge in [0, 0.05) is 29.3 Å². The summed E-state index contributed by atoms with van der Waals surface area (Å²) < 4.78 is 0.589. The first-order valence-electron chi connectivity index (χ1n) is 7.00. The average Bonchev–Trinajstić information content (AvgIpc) is 2.53. The molecule has 0 radical (unpaired) electrons. The van der Waals surface area contributed by atoms with Gasteiger partial charge in [-0.05, 0) is 40.0 Å². The lowest BCUT2D eigenvalue weighted by Crippen LogP contribution is -2.34. The van der Waals surface area contributed by atoms with E-state index in [9.17, 15) is 10.1 Å². The molecule has 7 heteroatoms. The lowest BCUT2D eigenvalue weighted by molar-refractivity contribution is -0.384. The monoisotopic (exact) mass is 362 g/mol. The van der Waals surface area contributed by atoms with E-state index in [0.29, 0.717) is 11.0 Å². The molecule has 0 bridgehead atoms. The van der Waals surface area contributed by atoms with Gasteiger partial charge < -0.3 is 10.6 Å². The number of benzene rings is 1. The molecule has 1 atom stereocenters. The number of hydrogen-bond acceptors (Lipinski definition) is 5. The van der Waals surface area contributed by atoms with Gasteiger partial charge in [-0.2, -0.15) is 0 Å². The zero-order chi connectivity index (χ0) is 15.5. The van der Waals surface area contributed by atoms with Crippen LogP contribution in [-0.2, 0) is 6.42 Å². The van der Waals surface area contributed by atoms with Crippen LogP contribution in [0.3, 0.4) is 0 Å². The largest absolute Gasteiger partial charge is 0.362 e. The number of halogens is 1. The van der Waals surface area contributed by atoms with Crippen molar-refractivity contribution in [3.63, 3.8) is 0 Å². The molecule has 0 amide bonds. The Bertz CT molecular complexity index is 708. The van der Waals surface area contributed by atoms with Gasteiger partial charge in [0.15, 0.2) is 0 Å². The van der Waals surface area contributed by atoms with E-state index in [1.54, 1.807) is 6.20 Å². The van der Waals surface area contributed by atoms with Crippen LogP contribution in [-0.4, -0.2) is 23.0 Å². The second-order valence-corrected chi connectivity index (χ2v) is 6.03. The zero-order valence-corrected chi connectivity index (χ0v) is 13.3. The van der Waals surface area contributed by atoms with E-state index in [2.05, 4.69) is 43.7 Å². The van der Waals surface area contributed by atoms with E-state index < -0.39 is 4.92 Å². The predicted octanol–water partition coefficient (Wildman–Crippen LogP) is 3.05. The summed E-state index contributed by atoms with van der Waals surface area (Å²) in [6, 6.07) is 9.85. The van der Waals surface area contributed by atoms with E-state index >= 15 is 0 Å². The molecule has 0 saturated carbocycles. The summed E-state index contributed by atoms with van der Waals surface area (Å²) in [7, 11) is 0. The van der Waals surface area contributed by atoms with Gasteiger partial charge in [0.1, 0.15) is 0 Å². The molecular formula is C15H15BrN4O2. The third kappa shape index (κ3) is 3.10. The molecule has 1 aliphatic rings. The normalized spacial score (nSPS) is 16.9. The molecule has 6 nitrogen and oxygen atoms in total. The number of rotatable bonds is 4. The van der Waals surface area contributed by atoms with E-state index in [1.165, 1.54) is 17.2 Å². The minimum atomic E-state index is -0.428. The molecular weight excluding hydrogens is 348 g/mol. The summed E-state index contributed by atoms with van der Waals surface area (Å²) in [5.41, 5.74) is 2.53. The van der Waals surface area contributed by atoms with E-state index in [4.69, 9.17) is 0 Å². The summed E-state index contributed by atoms with van der Waals surface area (Å²) in [5, 5.41) is 17.6. The maximum absolute atomic E-state index is 11.1. The topological polar surface area (TPSA) is 80.1 Å². The Morgan fingerprint density at radius 1 is 1.45 bits per heavy atom. The molecule has 1 aliphatic heterocycles. The van der Waals surface area contributed by atoms with Crippen molar-refractivity contribution in [2.24, 2.45) is 0 Å². The van der Waals surface area contributed by atoms with Crippen LogP contribution in [0, 0.1) is 10.1 Å². The Kier molecular flexibility index (Phi) is 4.35. The van der Waals surface area contributed by atoms with Crippen molar-refractivity contribution in [1.82, 2.24) is 10.3 Å². The fraction of sp³-hybridized carbons (Fsp3) is 0.267. The lowest BCUT2D eigenvalue weighted by atomic mass is 9.94. The number of aromatic nitrogens is 1. The number of fused-ring (bicyclic) bond motifs is 1. The van der Waals surface area contributed by atoms with Gasteiger partial charge in [0.25, 0.3) is 0 Å². The second-order valence-electron chi connectivity index (χ2n) is 5.11. The summed E-state index contributed by atoms with van der Waals surface area (Å²) in [6.45, 7) is 1.45. The minimum absolute atomic E-state index is 0.0292. The average molecular weight is 363 g/mol. The van der Waals surface area contributed by atoms with Crippen LogP contribution >= 0.6 is 15.9 Å². The van der Waals surface area contributed by atoms with Crippen molar-refractivity contribution in [2.45, 2.75) is 12.5 Å². The number of pyridine rings is 1. The van der Waals surface area contributed by atoms with Gasteiger partial charge in [0.05, 0.1) is 4.92 Å². The van der Waals surface area contributed by atoms with Crippen molar-refractivity contribution < 1.29 is 4.92 Å². The minimum Gasteiger partial charge on any atom is -0.362 e. The molecule has 2 N–H and O–H groups in total. The molecule has 1 aromatic heterocycles. The Balaban J connectivity index is 1.78. The summed E-state index contributed by atoms with van der Waals surface area (Å²) in [6.07, 6.45) is 2.56. The van der Waals surface area contributed by atoms with Crippen LogP contribution < -0.4 is 10.6 Å². The van der Waals surface area contributed by atoms with Crippen LogP contribution in [0.2, 0.25) is 0 Å². The second kappa shape index (κ2) is 6.41. The van der Waals surface area contributed by atoms with E-state index in [1.807, 2.05) is 12.1 Å². The van der Waals surface area contributed by atoms with Crippen molar-refractivity contribution in [1.29, 1.82) is 0 Å². The molecule has 2 aromatic rings. The Labute approximate surface area is 136 Å². The lowest BCUT2D eigenvalue weighted by Gasteiger charge is -2.27. The van der Waals surface area contributed by atoms with Gasteiger partial charge >= 0.3 is 5.69 Å². The number of nitro groups is 1. The number of nitrogens with zero attached hydrogens (tertiary/aromatic N) is 2. The fourth-order valence-corrected chi connectivity index (χ4v) is 3.00. The Morgan fingerprint density at radius 2 is 2.27 bits per heavy atom. The van der Waals surface area contributed by atoms with Gasteiger partial charge in [-0.15, -0.1) is 0 Å². The zero-order valence-electron chi connectivity index (χ0n) is 11.8. The molecule has 114 valence electrons. The first kappa shape index (κ1) is 14.9. The first-order chi connectivity index (χ1) is 10.6. The molecule has 0 spiro atoms. The molecule has 22 heavy (non-hydrogen) atoms. The molecule has 0 fully saturated rings. The Hall–Kier alpha value is -1.99. The maximum Gasteiger partial charge on any atom is 0.312 e. The highest BCUT2D eigenvalue weighted by molar-refractivity contribution is 9.10. The summed E-state index contributed by atoms with van der Waals surface area (Å²) >= 11 is 3.21. The van der Waals surface area contributed by atoms with Crippen molar-refractivity contribution in [2.75, 3.05) is 18.4 Å². The number of hydrogen-bond donors (Lipinski definition) is 2. The first-order valence-corrected chi connectivity index (χ1v) is 7.79. The van der Waals surface area contributed by atoms with Gasteiger partial charge in [0.2, 0.25) is 5.82 Å². The highest BCUT2D eigenvalue weighted by Gasteiger charge is 2.21. The summed E-state index contributed by atoms with van der Waals surface area (Å²) in [4.78, 5) is 14.8. The Morgan fingerprint density at radius 3 is 3.09 bits per heavy atom. The SMILES string of the molecule is O=[N+]([O-])c1cc(Br)cnc1NCC1NCCc2ccccc21. The highest BCUT2D eigenvalue weighted by atomic mass is 79.9. The number of anilines is 1. The van der Waals surface area contributed by atoms with Crippen molar-refractivity contribution >= 4 is 27.4 Å². The van der Waals surface area contributed by atoms with E-state index in [0.717, 1.165) is 13.0 Å². The van der Waals surface area contributed by atoms with Gasteiger partial charge in [-0.25, -0.2) is 4.98 Å². The third-order valence-electron chi connectivity index (χ3n) is 3.72. The number of nitrogens with one attached hydrogen (secondary N) is 2. The van der Waals surface area contributed by atoms with E-state index in [-0.39, 0.29) is 17.5 Å². The smallest absolute Gasteiger partial charge is 0.312 e. The molecule has 1 aromatic carbocycles. The van der Waals surface area contributed by atoms with Crippen LogP contribution in [0.1, 0.15) is 17.2 Å². The van der Waals surface area contributed by atoms with Crippen LogP contribution in [0.4, 0.5) is 11.5 Å². The summed E-state index contributed by atoms with van der Waals surface area (Å²) in [5.74, 6) is 0.290. The van der Waals surface area contributed by atoms with Gasteiger partial charge in [-0.1, -0.05) is 24.3 Å².